The molecule has 0 bridgehead atoms. The van der Waals surface area contributed by atoms with Crippen molar-refractivity contribution in [2.24, 2.45) is 0 Å². The van der Waals surface area contributed by atoms with Gasteiger partial charge in [-0.2, -0.15) is 0 Å². The molecule has 1 N–H and O–H groups in total. The molecule has 0 aliphatic carbocycles. The summed E-state index contributed by atoms with van der Waals surface area (Å²) in [6.45, 7) is 6.92. The summed E-state index contributed by atoms with van der Waals surface area (Å²) in [5.41, 5.74) is 0. The summed E-state index contributed by atoms with van der Waals surface area (Å²) in [6, 6.07) is 0. The second-order valence-electron chi connectivity index (χ2n) is 2.03. The molecule has 0 atom stereocenters. The zero-order chi connectivity index (χ0) is 9.28. The number of rotatable bonds is 3. The van der Waals surface area contributed by atoms with Crippen molar-refractivity contribution in [3.63, 3.8) is 0 Å². The van der Waals surface area contributed by atoms with Gasteiger partial charge in [0, 0.05) is 0 Å². The van der Waals surface area contributed by atoms with E-state index in [0.717, 1.165) is 0 Å². The molecule has 0 aromatic carbocycles. The summed E-state index contributed by atoms with van der Waals surface area (Å²) in [7, 11) is -3.23. The van der Waals surface area contributed by atoms with E-state index in [1.54, 1.807) is 0 Å². The van der Waals surface area contributed by atoms with Crippen LogP contribution in [0.1, 0.15) is 20.8 Å². The zero-order valence-electron chi connectivity index (χ0n) is 8.45. The number of hydrogen-bond acceptors (Lipinski definition) is 4. The van der Waals surface area contributed by atoms with Gasteiger partial charge in [0.15, 0.2) is 0 Å². The molecule has 0 aliphatic heterocycles. The van der Waals surface area contributed by atoms with Crippen LogP contribution in [0.2, 0.25) is 0 Å². The average Bonchev–Trinajstić information content (AvgIpc) is 1.90. The first kappa shape index (κ1) is 24.1. The summed E-state index contributed by atoms with van der Waals surface area (Å²) in [4.78, 5) is 17.0. The molecular formula is C6H17CaO4P2+. The summed E-state index contributed by atoms with van der Waals surface area (Å²) >= 11 is 0. The van der Waals surface area contributed by atoms with Gasteiger partial charge in [0.25, 0.3) is 8.25 Å². The van der Waals surface area contributed by atoms with Crippen molar-refractivity contribution in [2.75, 3.05) is 18.5 Å². The Balaban J connectivity index is -0.0000000600. The van der Waals surface area contributed by atoms with E-state index >= 15 is 0 Å². The van der Waals surface area contributed by atoms with Crippen molar-refractivity contribution in [3.05, 3.63) is 0 Å². The maximum absolute atomic E-state index is 8.48. The SMILES string of the molecule is CC[PH+](CC)CC.O=[P+]([O-])[O-].[Ca+2].[OH-]. The Hall–Kier alpha value is 1.67. The molecule has 0 aromatic heterocycles. The van der Waals surface area contributed by atoms with Gasteiger partial charge in [-0.15, -0.1) is 0 Å². The largest absolute Gasteiger partial charge is 2.00 e. The molecule has 0 saturated carbocycles. The van der Waals surface area contributed by atoms with Crippen LogP contribution in [0.3, 0.4) is 0 Å². The Labute approximate surface area is 112 Å². The fourth-order valence-electron chi connectivity index (χ4n) is 0.750. The van der Waals surface area contributed by atoms with Gasteiger partial charge in [0.1, 0.15) is 0 Å². The van der Waals surface area contributed by atoms with E-state index in [-0.39, 0.29) is 51.1 Å². The second-order valence-corrected chi connectivity index (χ2v) is 6.10. The molecule has 0 heterocycles. The molecule has 0 aliphatic rings. The van der Waals surface area contributed by atoms with Crippen LogP contribution in [0.5, 0.6) is 0 Å². The van der Waals surface area contributed by atoms with Gasteiger partial charge in [-0.1, -0.05) is 4.57 Å². The van der Waals surface area contributed by atoms with Crippen LogP contribution in [0, 0.1) is 0 Å². The minimum absolute atomic E-state index is 0. The van der Waals surface area contributed by atoms with E-state index in [0.29, 0.717) is 0 Å². The first-order chi connectivity index (χ1) is 5.08. The van der Waals surface area contributed by atoms with Crippen molar-refractivity contribution in [1.82, 2.24) is 0 Å². The van der Waals surface area contributed by atoms with Crippen LogP contribution in [-0.4, -0.2) is 61.7 Å². The predicted octanol–water partition coefficient (Wildman–Crippen LogP) is 0.0671. The van der Waals surface area contributed by atoms with Gasteiger partial charge in [-0.25, -0.2) is 0 Å². The molecule has 0 saturated heterocycles. The minimum atomic E-state index is -3.37. The normalized spacial score (nSPS) is 7.54. The zero-order valence-corrected chi connectivity index (χ0v) is 12.6. The molecule has 0 unspecified atom stereocenters. The average molecular weight is 255 g/mol. The molecule has 0 spiro atoms. The molecule has 76 valence electrons. The molecule has 0 aromatic rings. The van der Waals surface area contributed by atoms with Gasteiger partial charge < -0.3 is 15.3 Å². The quantitative estimate of drug-likeness (QED) is 0.526. The summed E-state index contributed by atoms with van der Waals surface area (Å²) in [5.74, 6) is 0. The van der Waals surface area contributed by atoms with Crippen LogP contribution < -0.4 is 9.79 Å². The molecule has 13 heavy (non-hydrogen) atoms. The number of hydrogen-bond donors (Lipinski definition) is 0. The summed E-state index contributed by atoms with van der Waals surface area (Å²) in [5, 5.41) is 0. The van der Waals surface area contributed by atoms with Gasteiger partial charge in [-0.05, 0) is 28.7 Å². The van der Waals surface area contributed by atoms with Gasteiger partial charge >= 0.3 is 37.7 Å². The van der Waals surface area contributed by atoms with Gasteiger partial charge in [0.05, 0.1) is 18.5 Å². The summed E-state index contributed by atoms with van der Waals surface area (Å²) in [6.07, 6.45) is 4.37. The van der Waals surface area contributed by atoms with Gasteiger partial charge in [0.2, 0.25) is 0 Å². The van der Waals surface area contributed by atoms with E-state index in [2.05, 4.69) is 20.8 Å². The second kappa shape index (κ2) is 19.3. The van der Waals surface area contributed by atoms with Crippen molar-refractivity contribution < 1.29 is 19.8 Å². The van der Waals surface area contributed by atoms with Crippen molar-refractivity contribution >= 4 is 53.9 Å². The molecule has 0 amide bonds. The van der Waals surface area contributed by atoms with E-state index < -0.39 is 8.25 Å². The third kappa shape index (κ3) is 31.6. The molecular weight excluding hydrogens is 238 g/mol. The van der Waals surface area contributed by atoms with Crippen LogP contribution in [-0.2, 0) is 4.57 Å². The van der Waals surface area contributed by atoms with Gasteiger partial charge in [-0.3, -0.25) is 0 Å². The van der Waals surface area contributed by atoms with Crippen LogP contribution in [0.4, 0.5) is 0 Å². The molecule has 4 nitrogen and oxygen atoms in total. The Morgan fingerprint density at radius 1 is 1.08 bits per heavy atom. The topological polar surface area (TPSA) is 93.2 Å². The Bertz CT molecular complexity index is 91.1. The van der Waals surface area contributed by atoms with E-state index in [4.69, 9.17) is 14.4 Å². The van der Waals surface area contributed by atoms with E-state index in [1.807, 2.05) is 0 Å². The first-order valence-electron chi connectivity index (χ1n) is 3.73. The van der Waals surface area contributed by atoms with Crippen LogP contribution >= 0.6 is 16.2 Å². The monoisotopic (exact) mass is 255 g/mol. The van der Waals surface area contributed by atoms with E-state index in [9.17, 15) is 0 Å². The molecule has 7 heteroatoms. The van der Waals surface area contributed by atoms with Crippen molar-refractivity contribution in [2.45, 2.75) is 20.8 Å². The molecule has 0 radical (unpaired) electrons. The van der Waals surface area contributed by atoms with E-state index in [1.165, 1.54) is 18.5 Å². The first-order valence-corrected chi connectivity index (χ1v) is 6.95. The standard InChI is InChI=1S/C6H15P.Ca.HO3P.H2O/c1-4-7(5-2)6-3;;1-4(2)3;/h4-6H2,1-3H3;;(H,1,2,3);1H2/q;+2;;/p-1. The van der Waals surface area contributed by atoms with Crippen LogP contribution in [0.25, 0.3) is 0 Å². The minimum Gasteiger partial charge on any atom is -0.870 e. The van der Waals surface area contributed by atoms with Crippen LogP contribution in [0.15, 0.2) is 0 Å². The van der Waals surface area contributed by atoms with Crippen molar-refractivity contribution in [1.29, 1.82) is 0 Å². The summed E-state index contributed by atoms with van der Waals surface area (Å²) < 4.78 is 8.48. The fraction of sp³-hybridized carbons (Fsp3) is 1.00. The third-order valence-electron chi connectivity index (χ3n) is 1.50. The predicted molar refractivity (Wildman–Crippen MR) is 55.2 cm³/mol. The Morgan fingerprint density at radius 3 is 1.23 bits per heavy atom. The molecule has 0 rings (SSSR count). The Kier molecular flexibility index (Phi) is 35.7. The maximum Gasteiger partial charge on any atom is 2.00 e. The fourth-order valence-corrected chi connectivity index (χ4v) is 2.25. The molecule has 0 fully saturated rings. The van der Waals surface area contributed by atoms with Crippen molar-refractivity contribution in [3.8, 4) is 0 Å². The Morgan fingerprint density at radius 2 is 1.23 bits per heavy atom. The third-order valence-corrected chi connectivity index (χ3v) is 4.50. The smallest absolute Gasteiger partial charge is 0.870 e. The maximum atomic E-state index is 8.48.